The summed E-state index contributed by atoms with van der Waals surface area (Å²) in [5.74, 6) is 0.110. The Morgan fingerprint density at radius 1 is 1.39 bits per heavy atom. The molecule has 1 aliphatic rings. The van der Waals surface area contributed by atoms with E-state index in [0.29, 0.717) is 12.1 Å². The van der Waals surface area contributed by atoms with Crippen molar-refractivity contribution in [2.75, 3.05) is 18.4 Å². The number of anilines is 1. The van der Waals surface area contributed by atoms with E-state index in [9.17, 15) is 4.79 Å². The third-order valence-corrected chi connectivity index (χ3v) is 5.04. The van der Waals surface area contributed by atoms with Crippen molar-refractivity contribution in [3.05, 3.63) is 34.8 Å². The lowest BCUT2D eigenvalue weighted by atomic mass is 9.85. The van der Waals surface area contributed by atoms with Crippen LogP contribution in [0.25, 0.3) is 10.9 Å². The average Bonchev–Trinajstić information content (AvgIpc) is 2.49. The highest BCUT2D eigenvalue weighted by atomic mass is 79.9. The predicted octanol–water partition coefficient (Wildman–Crippen LogP) is 3.35. The number of benzene rings is 1. The molecule has 5 nitrogen and oxygen atoms in total. The van der Waals surface area contributed by atoms with Gasteiger partial charge in [-0.05, 0) is 53.5 Å². The minimum atomic E-state index is -0.760. The van der Waals surface area contributed by atoms with Crippen LogP contribution in [-0.2, 0) is 4.79 Å². The zero-order chi connectivity index (χ0) is 16.4. The van der Waals surface area contributed by atoms with Crippen LogP contribution in [0.4, 0.5) is 5.82 Å². The maximum Gasteiger partial charge on any atom is 0.317 e. The first-order valence-electron chi connectivity index (χ1n) is 7.84. The molecule has 2 N–H and O–H groups in total. The van der Waals surface area contributed by atoms with Gasteiger partial charge in [0.15, 0.2) is 0 Å². The van der Waals surface area contributed by atoms with Crippen molar-refractivity contribution >= 4 is 38.6 Å². The molecule has 1 aliphatic carbocycles. The Balaban J connectivity index is 1.61. The molecular weight excluding hydrogens is 358 g/mol. The van der Waals surface area contributed by atoms with Gasteiger partial charge in [0.05, 0.1) is 12.1 Å². The monoisotopic (exact) mass is 377 g/mol. The van der Waals surface area contributed by atoms with Crippen molar-refractivity contribution in [1.82, 2.24) is 9.88 Å². The molecule has 2 aromatic rings. The Morgan fingerprint density at radius 3 is 2.87 bits per heavy atom. The van der Waals surface area contributed by atoms with Gasteiger partial charge < -0.3 is 10.4 Å². The smallest absolute Gasteiger partial charge is 0.317 e. The molecule has 0 aliphatic heterocycles. The lowest BCUT2D eigenvalue weighted by molar-refractivity contribution is -0.139. The molecule has 6 heteroatoms. The van der Waals surface area contributed by atoms with E-state index >= 15 is 0 Å². The summed E-state index contributed by atoms with van der Waals surface area (Å²) in [7, 11) is 0. The van der Waals surface area contributed by atoms with Crippen molar-refractivity contribution in [2.45, 2.75) is 31.8 Å². The molecule has 0 spiro atoms. The fourth-order valence-corrected chi connectivity index (χ4v) is 3.55. The number of aliphatic carboxylic acids is 1. The van der Waals surface area contributed by atoms with Crippen LogP contribution in [0, 0.1) is 0 Å². The highest BCUT2D eigenvalue weighted by Crippen LogP contribution is 2.29. The second-order valence-corrected chi connectivity index (χ2v) is 6.79. The van der Waals surface area contributed by atoms with Crippen molar-refractivity contribution in [2.24, 2.45) is 0 Å². The summed E-state index contributed by atoms with van der Waals surface area (Å²) >= 11 is 3.54. The number of likely N-dealkylation sites (N-methyl/N-ethyl adjacent to an activating group) is 1. The Hall–Kier alpha value is -1.66. The molecule has 122 valence electrons. The number of carboxylic acids is 1. The molecule has 1 aromatic heterocycles. The summed E-state index contributed by atoms with van der Waals surface area (Å²) in [6.45, 7) is 2.89. The lowest BCUT2D eigenvalue weighted by Gasteiger charge is -2.42. The molecule has 3 rings (SSSR count). The molecule has 0 amide bonds. The number of rotatable bonds is 6. The molecule has 23 heavy (non-hydrogen) atoms. The first-order valence-corrected chi connectivity index (χ1v) is 8.63. The SMILES string of the molecule is CCN(CC(=O)O)C1CC(Nc2ccc3cccc(Br)c3n2)C1. The zero-order valence-electron chi connectivity index (χ0n) is 13.0. The second kappa shape index (κ2) is 6.84. The van der Waals surface area contributed by atoms with Crippen molar-refractivity contribution in [1.29, 1.82) is 0 Å². The fraction of sp³-hybridized carbons (Fsp3) is 0.412. The molecule has 1 aromatic carbocycles. The minimum absolute atomic E-state index is 0.120. The molecule has 1 fully saturated rings. The predicted molar refractivity (Wildman–Crippen MR) is 94.8 cm³/mol. The van der Waals surface area contributed by atoms with E-state index in [4.69, 9.17) is 5.11 Å². The zero-order valence-corrected chi connectivity index (χ0v) is 14.6. The molecule has 0 unspecified atom stereocenters. The first-order chi connectivity index (χ1) is 11.1. The number of nitrogens with one attached hydrogen (secondary N) is 1. The minimum Gasteiger partial charge on any atom is -0.480 e. The summed E-state index contributed by atoms with van der Waals surface area (Å²) in [6, 6.07) is 10.8. The average molecular weight is 378 g/mol. The molecule has 1 saturated carbocycles. The molecule has 0 bridgehead atoms. The summed E-state index contributed by atoms with van der Waals surface area (Å²) in [5.41, 5.74) is 0.953. The van der Waals surface area contributed by atoms with Gasteiger partial charge in [0, 0.05) is 21.9 Å². The van der Waals surface area contributed by atoms with Gasteiger partial charge in [-0.25, -0.2) is 4.98 Å². The van der Waals surface area contributed by atoms with E-state index in [1.807, 2.05) is 36.1 Å². The van der Waals surface area contributed by atoms with E-state index in [1.165, 1.54) is 0 Å². The second-order valence-electron chi connectivity index (χ2n) is 5.93. The highest BCUT2D eigenvalue weighted by Gasteiger charge is 2.33. The molecule has 0 radical (unpaired) electrons. The number of nitrogens with zero attached hydrogens (tertiary/aromatic N) is 2. The maximum atomic E-state index is 10.9. The van der Waals surface area contributed by atoms with E-state index in [2.05, 4.69) is 32.3 Å². The van der Waals surface area contributed by atoms with Gasteiger partial charge in [-0.15, -0.1) is 0 Å². The number of fused-ring (bicyclic) bond motifs is 1. The number of hydrogen-bond donors (Lipinski definition) is 2. The number of aromatic nitrogens is 1. The van der Waals surface area contributed by atoms with Crippen LogP contribution in [0.5, 0.6) is 0 Å². The lowest BCUT2D eigenvalue weighted by Crippen LogP contribution is -2.51. The Morgan fingerprint density at radius 2 is 2.17 bits per heavy atom. The Bertz CT molecular complexity index is 716. The van der Waals surface area contributed by atoms with Crippen LogP contribution in [0.15, 0.2) is 34.8 Å². The van der Waals surface area contributed by atoms with Gasteiger partial charge in [0.1, 0.15) is 5.82 Å². The fourth-order valence-electron chi connectivity index (χ4n) is 3.08. The van der Waals surface area contributed by atoms with Crippen LogP contribution in [0.1, 0.15) is 19.8 Å². The number of carbonyl (C=O) groups is 1. The van der Waals surface area contributed by atoms with Crippen LogP contribution in [0.3, 0.4) is 0 Å². The first kappa shape index (κ1) is 16.2. The van der Waals surface area contributed by atoms with Crippen molar-refractivity contribution < 1.29 is 9.90 Å². The molecule has 1 heterocycles. The number of para-hydroxylation sites is 1. The topological polar surface area (TPSA) is 65.5 Å². The van der Waals surface area contributed by atoms with E-state index in [-0.39, 0.29) is 6.54 Å². The third kappa shape index (κ3) is 3.64. The molecule has 0 atom stereocenters. The van der Waals surface area contributed by atoms with Gasteiger partial charge in [-0.2, -0.15) is 0 Å². The van der Waals surface area contributed by atoms with Gasteiger partial charge in [0.25, 0.3) is 0 Å². The molecular formula is C17H20BrN3O2. The van der Waals surface area contributed by atoms with Gasteiger partial charge in [0.2, 0.25) is 0 Å². The summed E-state index contributed by atoms with van der Waals surface area (Å²) < 4.78 is 0.990. The summed E-state index contributed by atoms with van der Waals surface area (Å²) in [5, 5.41) is 13.5. The summed E-state index contributed by atoms with van der Waals surface area (Å²) in [6.07, 6.45) is 1.91. The van der Waals surface area contributed by atoms with Crippen LogP contribution in [-0.4, -0.2) is 46.1 Å². The van der Waals surface area contributed by atoms with E-state index < -0.39 is 5.97 Å². The molecule has 0 saturated heterocycles. The quantitative estimate of drug-likeness (QED) is 0.807. The van der Waals surface area contributed by atoms with Gasteiger partial charge in [-0.1, -0.05) is 19.1 Å². The maximum absolute atomic E-state index is 10.9. The third-order valence-electron chi connectivity index (χ3n) is 4.40. The number of pyridine rings is 1. The van der Waals surface area contributed by atoms with Crippen LogP contribution < -0.4 is 5.32 Å². The van der Waals surface area contributed by atoms with Crippen LogP contribution in [0.2, 0.25) is 0 Å². The summed E-state index contributed by atoms with van der Waals surface area (Å²) in [4.78, 5) is 17.6. The Kier molecular flexibility index (Phi) is 4.82. The van der Waals surface area contributed by atoms with Crippen molar-refractivity contribution in [3.63, 3.8) is 0 Å². The highest BCUT2D eigenvalue weighted by molar-refractivity contribution is 9.10. The largest absolute Gasteiger partial charge is 0.480 e. The van der Waals surface area contributed by atoms with Gasteiger partial charge in [-0.3, -0.25) is 9.69 Å². The number of carboxylic acid groups (broad SMARTS) is 1. The van der Waals surface area contributed by atoms with Crippen LogP contribution >= 0.6 is 15.9 Å². The normalized spacial score (nSPS) is 20.5. The number of hydrogen-bond acceptors (Lipinski definition) is 4. The van der Waals surface area contributed by atoms with Crippen molar-refractivity contribution in [3.8, 4) is 0 Å². The van der Waals surface area contributed by atoms with E-state index in [1.54, 1.807) is 0 Å². The Labute approximate surface area is 143 Å². The van der Waals surface area contributed by atoms with E-state index in [0.717, 1.165) is 40.6 Å². The standard InChI is InChI=1S/C17H20BrN3O2/c1-2-21(10-16(22)23)13-8-12(9-13)19-15-7-6-11-4-3-5-14(18)17(11)20-15/h3-7,12-13H,2,8-10H2,1H3,(H,19,20)(H,22,23). The van der Waals surface area contributed by atoms with Gasteiger partial charge >= 0.3 is 5.97 Å². The number of halogens is 1.